The number of aromatic nitrogens is 1. The van der Waals surface area contributed by atoms with Gasteiger partial charge in [-0.2, -0.15) is 0 Å². The molecular weight excluding hydrogens is 394 g/mol. The van der Waals surface area contributed by atoms with Crippen molar-refractivity contribution in [2.45, 2.75) is 12.8 Å². The number of nitrogens with zero attached hydrogens (tertiary/aromatic N) is 1. The van der Waals surface area contributed by atoms with Crippen LogP contribution in [-0.2, 0) is 6.42 Å². The minimum atomic E-state index is 0.864. The van der Waals surface area contributed by atoms with Gasteiger partial charge in [-0.3, -0.25) is 0 Å². The van der Waals surface area contributed by atoms with Crippen LogP contribution in [0.25, 0.3) is 34.0 Å². The lowest BCUT2D eigenvalue weighted by Crippen LogP contribution is -1.96. The molecule has 0 radical (unpaired) electrons. The normalized spacial score (nSPS) is 13.8. The van der Waals surface area contributed by atoms with E-state index in [0.29, 0.717) is 0 Å². The third-order valence-electron chi connectivity index (χ3n) is 6.00. The fourth-order valence-electron chi connectivity index (χ4n) is 4.30. The summed E-state index contributed by atoms with van der Waals surface area (Å²) in [7, 11) is 3.39. The summed E-state index contributed by atoms with van der Waals surface area (Å²) in [6.07, 6.45) is 4.22. The highest BCUT2D eigenvalue weighted by molar-refractivity contribution is 5.89. The fourth-order valence-corrected chi connectivity index (χ4v) is 4.30. The highest BCUT2D eigenvalue weighted by atomic mass is 16.5. The molecule has 3 heteroatoms. The largest absolute Gasteiger partial charge is 0.497 e. The molecule has 3 nitrogen and oxygen atoms in total. The van der Waals surface area contributed by atoms with E-state index in [-0.39, 0.29) is 0 Å². The number of benzene rings is 3. The average Bonchev–Trinajstić information content (AvgIpc) is 3.27. The Morgan fingerprint density at radius 1 is 0.719 bits per heavy atom. The number of methoxy groups -OCH3 is 2. The molecule has 32 heavy (non-hydrogen) atoms. The Kier molecular flexibility index (Phi) is 5.47. The summed E-state index contributed by atoms with van der Waals surface area (Å²) >= 11 is 0. The SMILES string of the molecule is COc1ccc(/C=C2\CCc3c(-c4ccc(OC)cc4)cc(-c4ccccc4)nc32)cc1. The van der Waals surface area contributed by atoms with Crippen LogP contribution in [0, 0.1) is 0 Å². The first-order valence-electron chi connectivity index (χ1n) is 10.8. The van der Waals surface area contributed by atoms with Crippen LogP contribution in [-0.4, -0.2) is 19.2 Å². The molecular formula is C29H25NO2. The van der Waals surface area contributed by atoms with Gasteiger partial charge in [0.1, 0.15) is 11.5 Å². The summed E-state index contributed by atoms with van der Waals surface area (Å²) in [5.41, 5.74) is 9.41. The minimum Gasteiger partial charge on any atom is -0.497 e. The molecule has 158 valence electrons. The van der Waals surface area contributed by atoms with E-state index in [9.17, 15) is 0 Å². The Balaban J connectivity index is 1.64. The molecule has 0 amide bonds. The maximum absolute atomic E-state index is 5.36. The monoisotopic (exact) mass is 419 g/mol. The van der Waals surface area contributed by atoms with Crippen LogP contribution in [0.15, 0.2) is 84.9 Å². The van der Waals surface area contributed by atoms with Gasteiger partial charge in [0, 0.05) is 5.56 Å². The molecule has 1 aromatic heterocycles. The zero-order valence-corrected chi connectivity index (χ0v) is 18.3. The molecule has 1 aliphatic rings. The number of fused-ring (bicyclic) bond motifs is 1. The second kappa shape index (κ2) is 8.72. The van der Waals surface area contributed by atoms with Crippen molar-refractivity contribution in [2.75, 3.05) is 14.2 Å². The molecule has 0 spiro atoms. The summed E-state index contributed by atoms with van der Waals surface area (Å²) in [6.45, 7) is 0. The van der Waals surface area contributed by atoms with E-state index in [1.807, 2.05) is 30.3 Å². The third-order valence-corrected chi connectivity index (χ3v) is 6.00. The van der Waals surface area contributed by atoms with Gasteiger partial charge < -0.3 is 9.47 Å². The first-order valence-corrected chi connectivity index (χ1v) is 10.8. The molecule has 1 heterocycles. The molecule has 0 saturated carbocycles. The van der Waals surface area contributed by atoms with E-state index in [2.05, 4.69) is 60.7 Å². The topological polar surface area (TPSA) is 31.4 Å². The fraction of sp³-hybridized carbons (Fsp3) is 0.138. The van der Waals surface area contributed by atoms with Crippen LogP contribution in [0.4, 0.5) is 0 Å². The number of allylic oxidation sites excluding steroid dienone is 1. The number of ether oxygens (including phenoxy) is 2. The molecule has 0 bridgehead atoms. The summed E-state index contributed by atoms with van der Waals surface area (Å²) in [5, 5.41) is 0. The van der Waals surface area contributed by atoms with Gasteiger partial charge in [-0.1, -0.05) is 54.6 Å². The molecule has 0 unspecified atom stereocenters. The van der Waals surface area contributed by atoms with Gasteiger partial charge in [0.25, 0.3) is 0 Å². The zero-order chi connectivity index (χ0) is 21.9. The Labute approximate surface area is 189 Å². The first-order chi connectivity index (χ1) is 15.7. The molecule has 3 aromatic carbocycles. The number of rotatable bonds is 5. The van der Waals surface area contributed by atoms with Gasteiger partial charge in [-0.15, -0.1) is 0 Å². The minimum absolute atomic E-state index is 0.864. The van der Waals surface area contributed by atoms with Crippen LogP contribution >= 0.6 is 0 Å². The van der Waals surface area contributed by atoms with Gasteiger partial charge in [0.15, 0.2) is 0 Å². The lowest BCUT2D eigenvalue weighted by atomic mass is 9.96. The molecule has 0 fully saturated rings. The number of pyridine rings is 1. The van der Waals surface area contributed by atoms with E-state index >= 15 is 0 Å². The lowest BCUT2D eigenvalue weighted by Gasteiger charge is -2.13. The summed E-state index contributed by atoms with van der Waals surface area (Å²) in [5.74, 6) is 1.73. The van der Waals surface area contributed by atoms with Gasteiger partial charge in [0.2, 0.25) is 0 Å². The van der Waals surface area contributed by atoms with Crippen LogP contribution in [0.5, 0.6) is 11.5 Å². The molecule has 0 N–H and O–H groups in total. The smallest absolute Gasteiger partial charge is 0.118 e. The Bertz CT molecular complexity index is 1260. The lowest BCUT2D eigenvalue weighted by molar-refractivity contribution is 0.414. The summed E-state index contributed by atoms with van der Waals surface area (Å²) in [4.78, 5) is 5.14. The Morgan fingerprint density at radius 3 is 2.03 bits per heavy atom. The van der Waals surface area contributed by atoms with Gasteiger partial charge in [0.05, 0.1) is 25.6 Å². The average molecular weight is 420 g/mol. The van der Waals surface area contributed by atoms with Crippen LogP contribution in [0.3, 0.4) is 0 Å². The van der Waals surface area contributed by atoms with Crippen molar-refractivity contribution < 1.29 is 9.47 Å². The maximum atomic E-state index is 5.36. The van der Waals surface area contributed by atoms with Gasteiger partial charge in [-0.25, -0.2) is 4.98 Å². The number of hydrogen-bond acceptors (Lipinski definition) is 3. The molecule has 1 aliphatic carbocycles. The maximum Gasteiger partial charge on any atom is 0.118 e. The predicted molar refractivity (Wildman–Crippen MR) is 131 cm³/mol. The predicted octanol–water partition coefficient (Wildman–Crippen LogP) is 6.92. The molecule has 0 atom stereocenters. The van der Waals surface area contributed by atoms with E-state index in [0.717, 1.165) is 46.9 Å². The third kappa shape index (κ3) is 3.90. The van der Waals surface area contributed by atoms with E-state index in [1.54, 1.807) is 14.2 Å². The summed E-state index contributed by atoms with van der Waals surface area (Å²) in [6, 6.07) is 29.1. The van der Waals surface area contributed by atoms with E-state index in [4.69, 9.17) is 14.5 Å². The van der Waals surface area contributed by atoms with Crippen LogP contribution < -0.4 is 9.47 Å². The van der Waals surface area contributed by atoms with Crippen molar-refractivity contribution in [2.24, 2.45) is 0 Å². The molecule has 4 aromatic rings. The second-order valence-corrected chi connectivity index (χ2v) is 7.92. The Hall–Kier alpha value is -3.85. The van der Waals surface area contributed by atoms with Crippen molar-refractivity contribution in [3.05, 3.63) is 102 Å². The second-order valence-electron chi connectivity index (χ2n) is 7.92. The van der Waals surface area contributed by atoms with Gasteiger partial charge >= 0.3 is 0 Å². The van der Waals surface area contributed by atoms with Crippen molar-refractivity contribution >= 4 is 11.6 Å². The van der Waals surface area contributed by atoms with Crippen LogP contribution in [0.2, 0.25) is 0 Å². The van der Waals surface area contributed by atoms with Crippen LogP contribution in [0.1, 0.15) is 23.2 Å². The standard InChI is InChI=1S/C29H25NO2/c1-31-24-13-8-20(9-14-24)18-23-12-17-26-27(21-10-15-25(32-2)16-11-21)19-28(30-29(23)26)22-6-4-3-5-7-22/h3-11,13-16,18-19H,12,17H2,1-2H3/b23-18+. The highest BCUT2D eigenvalue weighted by Gasteiger charge is 2.23. The summed E-state index contributed by atoms with van der Waals surface area (Å²) < 4.78 is 10.7. The van der Waals surface area contributed by atoms with Crippen molar-refractivity contribution in [1.29, 1.82) is 0 Å². The van der Waals surface area contributed by atoms with E-state index < -0.39 is 0 Å². The van der Waals surface area contributed by atoms with Crippen molar-refractivity contribution in [3.8, 4) is 33.9 Å². The number of hydrogen-bond donors (Lipinski definition) is 0. The quantitative estimate of drug-likeness (QED) is 0.352. The van der Waals surface area contributed by atoms with Gasteiger partial charge in [-0.05, 0) is 77.1 Å². The Morgan fingerprint density at radius 2 is 1.38 bits per heavy atom. The molecule has 0 aliphatic heterocycles. The van der Waals surface area contributed by atoms with Crippen molar-refractivity contribution in [3.63, 3.8) is 0 Å². The van der Waals surface area contributed by atoms with Crippen molar-refractivity contribution in [1.82, 2.24) is 4.98 Å². The highest BCUT2D eigenvalue weighted by Crippen LogP contribution is 2.40. The van der Waals surface area contributed by atoms with E-state index in [1.165, 1.54) is 22.3 Å². The zero-order valence-electron chi connectivity index (χ0n) is 18.3. The first kappa shape index (κ1) is 20.1. The molecule has 5 rings (SSSR count). The molecule has 0 saturated heterocycles.